The van der Waals surface area contributed by atoms with E-state index < -0.39 is 0 Å². The fraction of sp³-hybridized carbons (Fsp3) is 0.800. The van der Waals surface area contributed by atoms with Gasteiger partial charge >= 0.3 is 0 Å². The summed E-state index contributed by atoms with van der Waals surface area (Å²) in [7, 11) is 0. The van der Waals surface area contributed by atoms with E-state index in [0.29, 0.717) is 0 Å². The molecule has 0 amide bonds. The molecule has 106 valence electrons. The Bertz CT molecular complexity index is 414. The van der Waals surface area contributed by atoms with E-state index in [2.05, 4.69) is 34.8 Å². The number of nitrogens with zero attached hydrogens (tertiary/aromatic N) is 3. The summed E-state index contributed by atoms with van der Waals surface area (Å²) < 4.78 is 2.42. The maximum absolute atomic E-state index is 4.76. The molecule has 0 spiro atoms. The highest BCUT2D eigenvalue weighted by atomic mass is 15.3. The fourth-order valence-electron chi connectivity index (χ4n) is 3.04. The van der Waals surface area contributed by atoms with Gasteiger partial charge in [0.25, 0.3) is 0 Å². The zero-order chi connectivity index (χ0) is 13.2. The van der Waals surface area contributed by atoms with Gasteiger partial charge in [-0.1, -0.05) is 6.92 Å². The normalized spacial score (nSPS) is 21.1. The van der Waals surface area contributed by atoms with Crippen LogP contribution in [0.25, 0.3) is 0 Å². The van der Waals surface area contributed by atoms with Crippen LogP contribution in [-0.4, -0.2) is 35.7 Å². The topological polar surface area (TPSA) is 33.1 Å². The summed E-state index contributed by atoms with van der Waals surface area (Å²) in [4.78, 5) is 7.25. The average molecular weight is 262 g/mol. The van der Waals surface area contributed by atoms with Gasteiger partial charge in [-0.25, -0.2) is 4.98 Å². The highest BCUT2D eigenvalue weighted by Gasteiger charge is 2.29. The van der Waals surface area contributed by atoms with Crippen LogP contribution in [0.15, 0.2) is 6.20 Å². The summed E-state index contributed by atoms with van der Waals surface area (Å²) in [5.74, 6) is 2.07. The minimum atomic E-state index is 0.732. The number of rotatable bonds is 5. The van der Waals surface area contributed by atoms with Gasteiger partial charge in [-0.3, -0.25) is 0 Å². The Kier molecular flexibility index (Phi) is 3.78. The molecular formula is C15H26N4. The fourth-order valence-corrected chi connectivity index (χ4v) is 3.04. The molecule has 0 unspecified atom stereocenters. The van der Waals surface area contributed by atoms with Gasteiger partial charge in [0.2, 0.25) is 5.95 Å². The number of anilines is 1. The Morgan fingerprint density at radius 1 is 1.26 bits per heavy atom. The number of imidazole rings is 1. The second-order valence-electron chi connectivity index (χ2n) is 6.06. The maximum atomic E-state index is 4.76. The van der Waals surface area contributed by atoms with E-state index in [0.717, 1.165) is 24.2 Å². The third-order valence-electron chi connectivity index (χ3n) is 4.35. The van der Waals surface area contributed by atoms with Crippen molar-refractivity contribution in [2.24, 2.45) is 5.92 Å². The first-order valence-corrected chi connectivity index (χ1v) is 7.79. The van der Waals surface area contributed by atoms with Gasteiger partial charge in [-0.05, 0) is 51.6 Å². The Morgan fingerprint density at radius 2 is 2.00 bits per heavy atom. The molecule has 0 atom stereocenters. The van der Waals surface area contributed by atoms with Crippen LogP contribution in [0, 0.1) is 12.8 Å². The zero-order valence-electron chi connectivity index (χ0n) is 12.2. The Hall–Kier alpha value is -1.03. The lowest BCUT2D eigenvalue weighted by Gasteiger charge is -2.33. The zero-order valence-corrected chi connectivity index (χ0v) is 12.2. The lowest BCUT2D eigenvalue weighted by molar-refractivity contribution is 0.382. The first-order chi connectivity index (χ1) is 9.28. The van der Waals surface area contributed by atoms with Crippen LogP contribution in [0.1, 0.15) is 44.3 Å². The molecule has 1 saturated heterocycles. The van der Waals surface area contributed by atoms with Crippen LogP contribution < -0.4 is 10.2 Å². The molecule has 4 nitrogen and oxygen atoms in total. The highest BCUT2D eigenvalue weighted by molar-refractivity contribution is 5.35. The molecule has 1 saturated carbocycles. The molecule has 3 rings (SSSR count). The lowest BCUT2D eigenvalue weighted by atomic mass is 9.97. The van der Waals surface area contributed by atoms with Crippen molar-refractivity contribution in [1.29, 1.82) is 0 Å². The molecule has 4 heteroatoms. The lowest BCUT2D eigenvalue weighted by Crippen LogP contribution is -2.38. The van der Waals surface area contributed by atoms with E-state index in [1.54, 1.807) is 0 Å². The van der Waals surface area contributed by atoms with Crippen molar-refractivity contribution in [3.63, 3.8) is 0 Å². The summed E-state index contributed by atoms with van der Waals surface area (Å²) in [6.45, 7) is 8.90. The van der Waals surface area contributed by atoms with E-state index in [1.807, 2.05) is 0 Å². The SMILES string of the molecule is CCNCC1CCN(c2nc(C)cn2C2CC2)CC1. The first kappa shape index (κ1) is 13.0. The molecule has 1 N–H and O–H groups in total. The largest absolute Gasteiger partial charge is 0.342 e. The monoisotopic (exact) mass is 262 g/mol. The number of aromatic nitrogens is 2. The van der Waals surface area contributed by atoms with Crippen LogP contribution in [0.3, 0.4) is 0 Å². The smallest absolute Gasteiger partial charge is 0.205 e. The molecule has 2 fully saturated rings. The van der Waals surface area contributed by atoms with Crippen molar-refractivity contribution in [3.05, 3.63) is 11.9 Å². The van der Waals surface area contributed by atoms with Crippen molar-refractivity contribution in [3.8, 4) is 0 Å². The van der Waals surface area contributed by atoms with Crippen molar-refractivity contribution >= 4 is 5.95 Å². The van der Waals surface area contributed by atoms with Crippen molar-refractivity contribution in [2.75, 3.05) is 31.1 Å². The van der Waals surface area contributed by atoms with Crippen molar-refractivity contribution in [1.82, 2.24) is 14.9 Å². The van der Waals surface area contributed by atoms with Crippen molar-refractivity contribution in [2.45, 2.75) is 45.6 Å². The van der Waals surface area contributed by atoms with Gasteiger partial charge in [0.15, 0.2) is 0 Å². The van der Waals surface area contributed by atoms with Crippen LogP contribution in [0.2, 0.25) is 0 Å². The second kappa shape index (κ2) is 5.53. The standard InChI is InChI=1S/C15H26N4/c1-3-16-10-13-6-8-18(9-7-13)15-17-12(2)11-19(15)14-4-5-14/h11,13-14,16H,3-10H2,1-2H3. The third-order valence-corrected chi connectivity index (χ3v) is 4.35. The Balaban J connectivity index is 1.61. The minimum Gasteiger partial charge on any atom is -0.342 e. The molecule has 1 aromatic rings. The summed E-state index contributed by atoms with van der Waals surface area (Å²) in [5, 5.41) is 3.48. The number of nitrogens with one attached hydrogen (secondary N) is 1. The van der Waals surface area contributed by atoms with E-state index in [9.17, 15) is 0 Å². The van der Waals surface area contributed by atoms with Crippen LogP contribution in [0.4, 0.5) is 5.95 Å². The van der Waals surface area contributed by atoms with Gasteiger partial charge in [0.1, 0.15) is 0 Å². The van der Waals surface area contributed by atoms with Crippen LogP contribution >= 0.6 is 0 Å². The van der Waals surface area contributed by atoms with E-state index in [-0.39, 0.29) is 0 Å². The number of aryl methyl sites for hydroxylation is 1. The van der Waals surface area contributed by atoms with E-state index >= 15 is 0 Å². The molecule has 1 aromatic heterocycles. The predicted octanol–water partition coefficient (Wildman–Crippen LogP) is 2.35. The molecule has 0 aromatic carbocycles. The number of hydrogen-bond acceptors (Lipinski definition) is 3. The Morgan fingerprint density at radius 3 is 2.63 bits per heavy atom. The molecular weight excluding hydrogens is 236 g/mol. The van der Waals surface area contributed by atoms with E-state index in [1.165, 1.54) is 51.3 Å². The Labute approximate surface area is 116 Å². The first-order valence-electron chi connectivity index (χ1n) is 7.79. The van der Waals surface area contributed by atoms with Gasteiger partial charge in [-0.15, -0.1) is 0 Å². The molecule has 1 aliphatic heterocycles. The minimum absolute atomic E-state index is 0.732. The molecule has 2 heterocycles. The third kappa shape index (κ3) is 2.94. The summed E-state index contributed by atoms with van der Waals surface area (Å²) in [6, 6.07) is 0.732. The van der Waals surface area contributed by atoms with Crippen molar-refractivity contribution < 1.29 is 0 Å². The molecule has 0 bridgehead atoms. The molecule has 0 radical (unpaired) electrons. The molecule has 19 heavy (non-hydrogen) atoms. The number of piperidine rings is 1. The van der Waals surface area contributed by atoms with Gasteiger partial charge in [-0.2, -0.15) is 0 Å². The quantitative estimate of drug-likeness (QED) is 0.884. The predicted molar refractivity (Wildman–Crippen MR) is 78.7 cm³/mol. The average Bonchev–Trinajstić information content (AvgIpc) is 3.20. The maximum Gasteiger partial charge on any atom is 0.205 e. The van der Waals surface area contributed by atoms with Gasteiger partial charge in [0, 0.05) is 25.3 Å². The summed E-state index contributed by atoms with van der Waals surface area (Å²) in [6.07, 6.45) is 7.49. The van der Waals surface area contributed by atoms with Gasteiger partial charge < -0.3 is 14.8 Å². The van der Waals surface area contributed by atoms with Crippen LogP contribution in [-0.2, 0) is 0 Å². The van der Waals surface area contributed by atoms with E-state index in [4.69, 9.17) is 4.98 Å². The summed E-state index contributed by atoms with van der Waals surface area (Å²) >= 11 is 0. The highest BCUT2D eigenvalue weighted by Crippen LogP contribution is 2.38. The molecule has 2 aliphatic rings. The van der Waals surface area contributed by atoms with Gasteiger partial charge in [0.05, 0.1) is 5.69 Å². The van der Waals surface area contributed by atoms with Crippen LogP contribution in [0.5, 0.6) is 0 Å². The summed E-state index contributed by atoms with van der Waals surface area (Å²) in [5.41, 5.74) is 1.16. The molecule has 1 aliphatic carbocycles. The second-order valence-corrected chi connectivity index (χ2v) is 6.06. The number of hydrogen-bond donors (Lipinski definition) is 1.